The molecule has 8 heteroatoms. The van der Waals surface area contributed by atoms with Gasteiger partial charge in [0.1, 0.15) is 6.10 Å². The van der Waals surface area contributed by atoms with Crippen molar-refractivity contribution in [3.8, 4) is 0 Å². The summed E-state index contributed by atoms with van der Waals surface area (Å²) < 4.78 is 32.7. The smallest absolute Gasteiger partial charge is 0.389 e. The van der Waals surface area contributed by atoms with E-state index in [1.54, 1.807) is 0 Å². The quantitative estimate of drug-likeness (QED) is 0.377. The van der Waals surface area contributed by atoms with Crippen molar-refractivity contribution < 1.29 is 22.3 Å². The fourth-order valence-corrected chi connectivity index (χ4v) is 1.65. The fourth-order valence-electron chi connectivity index (χ4n) is 0.490. The summed E-state index contributed by atoms with van der Waals surface area (Å²) in [7, 11) is -4.53. The monoisotopic (exact) mass is 234 g/mol. The molecule has 0 aliphatic heterocycles. The number of rotatable bonds is 5. The van der Waals surface area contributed by atoms with E-state index >= 15 is 0 Å². The molecule has 0 aromatic carbocycles. The molecule has 0 aliphatic rings. The van der Waals surface area contributed by atoms with Gasteiger partial charge in [0.25, 0.3) is 0 Å². The van der Waals surface area contributed by atoms with Crippen LogP contribution in [0.15, 0.2) is 0 Å². The Morgan fingerprint density at radius 3 is 2.08 bits per heavy atom. The van der Waals surface area contributed by atoms with E-state index in [2.05, 4.69) is 29.4 Å². The van der Waals surface area contributed by atoms with Gasteiger partial charge in [-0.05, 0) is 0 Å². The maximum atomic E-state index is 10.2. The van der Waals surface area contributed by atoms with Crippen LogP contribution in [0.2, 0.25) is 0 Å². The number of hydrogen-bond acceptors (Lipinski definition) is 6. The molecule has 2 N–H and O–H groups in total. The summed E-state index contributed by atoms with van der Waals surface area (Å²) >= 11 is 7.44. The van der Waals surface area contributed by atoms with Gasteiger partial charge in [0.05, 0.1) is 6.10 Å². The SMILES string of the molecule is O=S(=O)(O)O[C@H](CS)[C@H](O)CS. The zero-order chi connectivity index (χ0) is 9.78. The molecule has 12 heavy (non-hydrogen) atoms. The van der Waals surface area contributed by atoms with Crippen LogP contribution in [0.5, 0.6) is 0 Å². The van der Waals surface area contributed by atoms with Gasteiger partial charge in [0.15, 0.2) is 0 Å². The van der Waals surface area contributed by atoms with Gasteiger partial charge in [0.2, 0.25) is 0 Å². The van der Waals surface area contributed by atoms with Crippen LogP contribution in [0.25, 0.3) is 0 Å². The van der Waals surface area contributed by atoms with Gasteiger partial charge in [-0.3, -0.25) is 4.55 Å². The van der Waals surface area contributed by atoms with Crippen LogP contribution in [0, 0.1) is 0 Å². The van der Waals surface area contributed by atoms with Gasteiger partial charge < -0.3 is 5.11 Å². The number of aliphatic hydroxyl groups is 1. The van der Waals surface area contributed by atoms with Crippen LogP contribution >= 0.6 is 25.3 Å². The summed E-state index contributed by atoms with van der Waals surface area (Å²) in [4.78, 5) is 0. The molecule has 0 unspecified atom stereocenters. The minimum atomic E-state index is -4.53. The Morgan fingerprint density at radius 2 is 1.83 bits per heavy atom. The summed E-state index contributed by atoms with van der Waals surface area (Å²) in [6, 6.07) is 0. The maximum Gasteiger partial charge on any atom is 0.397 e. The Morgan fingerprint density at radius 1 is 1.33 bits per heavy atom. The summed E-state index contributed by atoms with van der Waals surface area (Å²) in [5.74, 6) is 0.00225. The zero-order valence-electron chi connectivity index (χ0n) is 5.99. The van der Waals surface area contributed by atoms with E-state index in [0.717, 1.165) is 0 Å². The van der Waals surface area contributed by atoms with Gasteiger partial charge in [-0.1, -0.05) is 0 Å². The molecular formula is C4H10O5S3. The normalized spacial score (nSPS) is 17.3. The molecule has 0 radical (unpaired) electrons. The first-order valence-corrected chi connectivity index (χ1v) is 5.59. The van der Waals surface area contributed by atoms with Crippen molar-refractivity contribution in [1.29, 1.82) is 0 Å². The average Bonchev–Trinajstić information content (AvgIpc) is 1.97. The van der Waals surface area contributed by atoms with Crippen molar-refractivity contribution in [2.45, 2.75) is 12.2 Å². The molecule has 5 nitrogen and oxygen atoms in total. The third-order valence-electron chi connectivity index (χ3n) is 1.04. The van der Waals surface area contributed by atoms with Crippen molar-refractivity contribution >= 4 is 35.7 Å². The van der Waals surface area contributed by atoms with Gasteiger partial charge in [0, 0.05) is 11.5 Å². The van der Waals surface area contributed by atoms with E-state index in [-0.39, 0.29) is 11.5 Å². The van der Waals surface area contributed by atoms with Crippen LogP contribution in [-0.2, 0) is 14.6 Å². The van der Waals surface area contributed by atoms with Crippen LogP contribution in [0.3, 0.4) is 0 Å². The summed E-state index contributed by atoms with van der Waals surface area (Å²) in [5, 5.41) is 9.06. The summed E-state index contributed by atoms with van der Waals surface area (Å²) in [6.45, 7) is 0. The van der Waals surface area contributed by atoms with Gasteiger partial charge >= 0.3 is 10.4 Å². The van der Waals surface area contributed by atoms with Crippen molar-refractivity contribution in [3.05, 3.63) is 0 Å². The Kier molecular flexibility index (Phi) is 5.53. The second kappa shape index (κ2) is 5.30. The molecule has 0 bridgehead atoms. The fraction of sp³-hybridized carbons (Fsp3) is 1.00. The zero-order valence-corrected chi connectivity index (χ0v) is 8.60. The minimum absolute atomic E-state index is 0.0263. The molecule has 0 rings (SSSR count). The standard InChI is InChI=1S/C4H10O5S3/c5-3(1-10)4(2-11)9-12(6,7)8/h3-5,10-11H,1-2H2,(H,6,7,8)/t3-,4-/m1/s1. The first kappa shape index (κ1) is 12.5. The van der Waals surface area contributed by atoms with E-state index in [1.165, 1.54) is 0 Å². The van der Waals surface area contributed by atoms with Gasteiger partial charge in [-0.15, -0.1) is 0 Å². The molecule has 0 spiro atoms. The summed E-state index contributed by atoms with van der Waals surface area (Å²) in [6.07, 6.45) is -2.14. The minimum Gasteiger partial charge on any atom is -0.389 e. The molecule has 0 aromatic rings. The highest BCUT2D eigenvalue weighted by atomic mass is 32.3. The summed E-state index contributed by atoms with van der Waals surface area (Å²) in [5.41, 5.74) is 0. The highest BCUT2D eigenvalue weighted by Gasteiger charge is 2.22. The Hall–Kier alpha value is 0.530. The Bertz CT molecular complexity index is 213. The van der Waals surface area contributed by atoms with Crippen molar-refractivity contribution in [2.24, 2.45) is 0 Å². The molecule has 0 aromatic heterocycles. The first-order valence-electron chi connectivity index (χ1n) is 2.96. The maximum absolute atomic E-state index is 10.2. The molecular weight excluding hydrogens is 224 g/mol. The lowest BCUT2D eigenvalue weighted by molar-refractivity contribution is 0.0628. The number of hydrogen-bond donors (Lipinski definition) is 4. The molecule has 0 heterocycles. The van der Waals surface area contributed by atoms with E-state index in [0.29, 0.717) is 0 Å². The lowest BCUT2D eigenvalue weighted by atomic mass is 10.3. The molecule has 0 aliphatic carbocycles. The van der Waals surface area contributed by atoms with Crippen LogP contribution < -0.4 is 0 Å². The van der Waals surface area contributed by atoms with E-state index in [1.807, 2.05) is 0 Å². The molecule has 2 atom stereocenters. The van der Waals surface area contributed by atoms with E-state index in [9.17, 15) is 8.42 Å². The molecule has 0 saturated carbocycles. The van der Waals surface area contributed by atoms with Gasteiger partial charge in [-0.2, -0.15) is 33.7 Å². The van der Waals surface area contributed by atoms with Crippen LogP contribution in [0.4, 0.5) is 0 Å². The lowest BCUT2D eigenvalue weighted by Gasteiger charge is -2.17. The van der Waals surface area contributed by atoms with Crippen molar-refractivity contribution in [3.63, 3.8) is 0 Å². The van der Waals surface area contributed by atoms with Crippen LogP contribution in [-0.4, -0.2) is 41.8 Å². The number of aliphatic hydroxyl groups excluding tert-OH is 1. The topological polar surface area (TPSA) is 83.8 Å². The Balaban J connectivity index is 4.18. The highest BCUT2D eigenvalue weighted by Crippen LogP contribution is 2.06. The lowest BCUT2D eigenvalue weighted by Crippen LogP contribution is -2.34. The van der Waals surface area contributed by atoms with E-state index in [4.69, 9.17) is 9.66 Å². The predicted octanol–water partition coefficient (Wildman–Crippen LogP) is -0.605. The molecule has 74 valence electrons. The average molecular weight is 234 g/mol. The largest absolute Gasteiger partial charge is 0.397 e. The van der Waals surface area contributed by atoms with Gasteiger partial charge in [-0.25, -0.2) is 4.18 Å². The highest BCUT2D eigenvalue weighted by molar-refractivity contribution is 7.81. The van der Waals surface area contributed by atoms with Crippen LogP contribution in [0.1, 0.15) is 0 Å². The number of thiol groups is 2. The molecule has 0 saturated heterocycles. The second-order valence-electron chi connectivity index (χ2n) is 1.99. The van der Waals surface area contributed by atoms with Crippen molar-refractivity contribution in [2.75, 3.05) is 11.5 Å². The second-order valence-corrected chi connectivity index (χ2v) is 3.77. The predicted molar refractivity (Wildman–Crippen MR) is 50.1 cm³/mol. The molecule has 0 amide bonds. The first-order chi connectivity index (χ1) is 5.40. The third-order valence-corrected chi connectivity index (χ3v) is 2.27. The Labute approximate surface area is 81.9 Å². The van der Waals surface area contributed by atoms with Crippen molar-refractivity contribution in [1.82, 2.24) is 0 Å². The van der Waals surface area contributed by atoms with E-state index < -0.39 is 22.6 Å². The molecule has 0 fully saturated rings. The third kappa shape index (κ3) is 5.22.